The van der Waals surface area contributed by atoms with Crippen molar-refractivity contribution in [2.45, 2.75) is 25.0 Å². The van der Waals surface area contributed by atoms with Crippen molar-refractivity contribution in [2.24, 2.45) is 5.73 Å². The van der Waals surface area contributed by atoms with Crippen LogP contribution in [-0.4, -0.2) is 11.1 Å². The summed E-state index contributed by atoms with van der Waals surface area (Å²) >= 11 is 0. The van der Waals surface area contributed by atoms with Crippen molar-refractivity contribution in [1.29, 1.82) is 0 Å². The van der Waals surface area contributed by atoms with Gasteiger partial charge in [-0.15, -0.1) is 0 Å². The average Bonchev–Trinajstić information content (AvgIpc) is 2.12. The van der Waals surface area contributed by atoms with Crippen LogP contribution >= 0.6 is 0 Å². The quantitative estimate of drug-likeness (QED) is 0.630. The number of halogens is 1. The second-order valence-electron chi connectivity index (χ2n) is 3.46. The molecule has 1 aromatic carbocycles. The maximum absolute atomic E-state index is 13.3. The monoisotopic (exact) mass is 181 g/mol. The van der Waals surface area contributed by atoms with Gasteiger partial charge in [-0.1, -0.05) is 12.1 Å². The Bertz CT molecular complexity index is 327. The van der Waals surface area contributed by atoms with Gasteiger partial charge >= 0.3 is 0 Å². The van der Waals surface area contributed by atoms with Crippen molar-refractivity contribution < 1.29 is 9.50 Å². The molecule has 0 fully saturated rings. The smallest absolute Gasteiger partial charge is 0.129 e. The molecule has 70 valence electrons. The predicted octanol–water partition coefficient (Wildman–Crippen LogP) is 1.13. The number of benzene rings is 1. The highest BCUT2D eigenvalue weighted by atomic mass is 19.1. The van der Waals surface area contributed by atoms with Gasteiger partial charge in [0, 0.05) is 11.6 Å². The normalized spacial score (nSPS) is 27.0. The van der Waals surface area contributed by atoms with E-state index in [0.29, 0.717) is 5.56 Å². The third-order valence-corrected chi connectivity index (χ3v) is 2.59. The second-order valence-corrected chi connectivity index (χ2v) is 3.46. The third kappa shape index (κ3) is 1.34. The summed E-state index contributed by atoms with van der Waals surface area (Å²) in [4.78, 5) is 0. The van der Waals surface area contributed by atoms with E-state index in [9.17, 15) is 9.50 Å². The van der Waals surface area contributed by atoms with E-state index in [-0.39, 0.29) is 11.9 Å². The number of fused-ring (bicyclic) bond motifs is 1. The Labute approximate surface area is 76.2 Å². The molecular weight excluding hydrogens is 169 g/mol. The van der Waals surface area contributed by atoms with Gasteiger partial charge in [-0.05, 0) is 24.5 Å². The lowest BCUT2D eigenvalue weighted by Crippen LogP contribution is -2.33. The summed E-state index contributed by atoms with van der Waals surface area (Å²) in [6.07, 6.45) is 0.632. The molecule has 0 bridgehead atoms. The SMILES string of the molecule is N[C@H]1CCc2cccc(F)c2[C@@H]1O. The lowest BCUT2D eigenvalue weighted by molar-refractivity contribution is 0.129. The van der Waals surface area contributed by atoms with Gasteiger partial charge in [0.2, 0.25) is 0 Å². The summed E-state index contributed by atoms with van der Waals surface area (Å²) < 4.78 is 13.3. The zero-order valence-corrected chi connectivity index (χ0v) is 7.20. The topological polar surface area (TPSA) is 46.2 Å². The van der Waals surface area contributed by atoms with E-state index in [1.54, 1.807) is 6.07 Å². The number of rotatable bonds is 0. The van der Waals surface area contributed by atoms with Crippen molar-refractivity contribution in [3.8, 4) is 0 Å². The van der Waals surface area contributed by atoms with E-state index in [1.165, 1.54) is 6.07 Å². The van der Waals surface area contributed by atoms with E-state index >= 15 is 0 Å². The lowest BCUT2D eigenvalue weighted by atomic mass is 9.86. The molecule has 0 saturated heterocycles. The van der Waals surface area contributed by atoms with Crippen molar-refractivity contribution >= 4 is 0 Å². The molecular formula is C10H12FNO. The van der Waals surface area contributed by atoms with E-state index in [1.807, 2.05) is 6.07 Å². The molecule has 1 aromatic rings. The zero-order valence-electron chi connectivity index (χ0n) is 7.20. The van der Waals surface area contributed by atoms with E-state index in [0.717, 1.165) is 18.4 Å². The molecule has 0 unspecified atom stereocenters. The molecule has 2 atom stereocenters. The maximum Gasteiger partial charge on any atom is 0.129 e. The van der Waals surface area contributed by atoms with Crippen LogP contribution in [0.25, 0.3) is 0 Å². The van der Waals surface area contributed by atoms with Gasteiger partial charge in [-0.2, -0.15) is 0 Å². The fourth-order valence-electron chi connectivity index (χ4n) is 1.83. The average molecular weight is 181 g/mol. The van der Waals surface area contributed by atoms with Gasteiger partial charge in [0.05, 0.1) is 6.10 Å². The summed E-state index contributed by atoms with van der Waals surface area (Å²) in [7, 11) is 0. The fraction of sp³-hybridized carbons (Fsp3) is 0.400. The van der Waals surface area contributed by atoms with Crippen molar-refractivity contribution in [2.75, 3.05) is 0 Å². The highest BCUT2D eigenvalue weighted by molar-refractivity contribution is 5.33. The molecule has 0 heterocycles. The molecule has 2 rings (SSSR count). The highest BCUT2D eigenvalue weighted by Gasteiger charge is 2.27. The Morgan fingerprint density at radius 1 is 1.46 bits per heavy atom. The number of hydrogen-bond acceptors (Lipinski definition) is 2. The minimum absolute atomic E-state index is 0.329. The first-order valence-electron chi connectivity index (χ1n) is 4.41. The van der Waals surface area contributed by atoms with Crippen LogP contribution in [0.5, 0.6) is 0 Å². The molecule has 1 aliphatic rings. The van der Waals surface area contributed by atoms with Crippen LogP contribution in [0.3, 0.4) is 0 Å². The number of aliphatic hydroxyl groups is 1. The summed E-state index contributed by atoms with van der Waals surface area (Å²) in [6.45, 7) is 0. The van der Waals surface area contributed by atoms with Crippen LogP contribution in [0.2, 0.25) is 0 Å². The molecule has 3 N–H and O–H groups in total. The molecule has 2 nitrogen and oxygen atoms in total. The van der Waals surface area contributed by atoms with Gasteiger partial charge in [-0.25, -0.2) is 4.39 Å². The molecule has 0 amide bonds. The summed E-state index contributed by atoms with van der Waals surface area (Å²) in [5.74, 6) is -0.347. The van der Waals surface area contributed by atoms with Gasteiger partial charge in [0.15, 0.2) is 0 Å². The lowest BCUT2D eigenvalue weighted by Gasteiger charge is -2.27. The first kappa shape index (κ1) is 8.66. The summed E-state index contributed by atoms with van der Waals surface area (Å²) in [5.41, 5.74) is 6.92. The zero-order chi connectivity index (χ0) is 9.42. The van der Waals surface area contributed by atoms with Crippen LogP contribution < -0.4 is 5.73 Å². The van der Waals surface area contributed by atoms with Crippen molar-refractivity contribution in [3.05, 3.63) is 35.1 Å². The molecule has 3 heteroatoms. The third-order valence-electron chi connectivity index (χ3n) is 2.59. The molecule has 0 spiro atoms. The highest BCUT2D eigenvalue weighted by Crippen LogP contribution is 2.30. The van der Waals surface area contributed by atoms with E-state index in [2.05, 4.69) is 0 Å². The minimum atomic E-state index is -0.843. The Hall–Kier alpha value is -0.930. The Morgan fingerprint density at radius 3 is 3.00 bits per heavy atom. The summed E-state index contributed by atoms with van der Waals surface area (Å²) in [6, 6.07) is 4.54. The molecule has 0 saturated carbocycles. The van der Waals surface area contributed by atoms with Crippen LogP contribution in [0.15, 0.2) is 18.2 Å². The predicted molar refractivity (Wildman–Crippen MR) is 47.7 cm³/mol. The molecule has 0 aliphatic heterocycles. The Kier molecular flexibility index (Phi) is 2.06. The van der Waals surface area contributed by atoms with Gasteiger partial charge in [-0.3, -0.25) is 0 Å². The minimum Gasteiger partial charge on any atom is -0.387 e. The van der Waals surface area contributed by atoms with E-state index < -0.39 is 6.10 Å². The molecule has 0 aromatic heterocycles. The molecule has 13 heavy (non-hydrogen) atoms. The number of nitrogens with two attached hydrogens (primary N) is 1. The Balaban J connectivity index is 2.51. The van der Waals surface area contributed by atoms with Crippen molar-refractivity contribution in [3.63, 3.8) is 0 Å². The number of aliphatic hydroxyl groups excluding tert-OH is 1. The van der Waals surface area contributed by atoms with Crippen LogP contribution in [-0.2, 0) is 6.42 Å². The van der Waals surface area contributed by atoms with Gasteiger partial charge in [0.1, 0.15) is 5.82 Å². The second kappa shape index (κ2) is 3.09. The largest absolute Gasteiger partial charge is 0.387 e. The fourth-order valence-corrected chi connectivity index (χ4v) is 1.83. The van der Waals surface area contributed by atoms with Gasteiger partial charge < -0.3 is 10.8 Å². The molecule has 0 radical (unpaired) electrons. The van der Waals surface area contributed by atoms with Gasteiger partial charge in [0.25, 0.3) is 0 Å². The number of hydrogen-bond donors (Lipinski definition) is 2. The maximum atomic E-state index is 13.3. The van der Waals surface area contributed by atoms with Crippen LogP contribution in [0, 0.1) is 5.82 Å². The Morgan fingerprint density at radius 2 is 2.23 bits per heavy atom. The standard InChI is InChI=1S/C10H12FNO/c11-7-3-1-2-6-4-5-8(12)10(13)9(6)7/h1-3,8,10,13H,4-5,12H2/t8-,10+/m0/s1. The van der Waals surface area contributed by atoms with Crippen LogP contribution in [0.1, 0.15) is 23.7 Å². The number of aryl methyl sites for hydroxylation is 1. The van der Waals surface area contributed by atoms with E-state index in [4.69, 9.17) is 5.73 Å². The first-order chi connectivity index (χ1) is 6.20. The summed E-state index contributed by atoms with van der Waals surface area (Å²) in [5, 5.41) is 9.65. The molecule has 1 aliphatic carbocycles. The van der Waals surface area contributed by atoms with Crippen LogP contribution in [0.4, 0.5) is 4.39 Å². The first-order valence-corrected chi connectivity index (χ1v) is 4.41. The van der Waals surface area contributed by atoms with Crippen molar-refractivity contribution in [1.82, 2.24) is 0 Å².